The first-order valence-corrected chi connectivity index (χ1v) is 7.75. The molecule has 0 saturated carbocycles. The molecule has 2 unspecified atom stereocenters. The third-order valence-electron chi connectivity index (χ3n) is 4.49. The molecule has 1 saturated heterocycles. The molecule has 23 heavy (non-hydrogen) atoms. The van der Waals surface area contributed by atoms with E-state index in [0.717, 1.165) is 6.42 Å². The van der Waals surface area contributed by atoms with Crippen LogP contribution in [0, 0.1) is 0 Å². The van der Waals surface area contributed by atoms with Gasteiger partial charge in [-0.25, -0.2) is 4.79 Å². The summed E-state index contributed by atoms with van der Waals surface area (Å²) in [6.07, 6.45) is 0.947. The third kappa shape index (κ3) is 3.11. The molecule has 1 aliphatic heterocycles. The molecule has 4 nitrogen and oxygen atoms in total. The Labute approximate surface area is 135 Å². The molecule has 1 heterocycles. The first-order valence-electron chi connectivity index (χ1n) is 7.75. The Balaban J connectivity index is 1.76. The Bertz CT molecular complexity index is 709. The van der Waals surface area contributed by atoms with Gasteiger partial charge in [-0.3, -0.25) is 4.79 Å². The van der Waals surface area contributed by atoms with Gasteiger partial charge in [-0.2, -0.15) is 0 Å². The molecular weight excluding hydrogens is 290 g/mol. The Morgan fingerprint density at radius 2 is 1.61 bits per heavy atom. The highest BCUT2D eigenvalue weighted by molar-refractivity contribution is 5.96. The number of carboxylic acids is 1. The van der Waals surface area contributed by atoms with E-state index in [9.17, 15) is 9.59 Å². The maximum absolute atomic E-state index is 12.7. The summed E-state index contributed by atoms with van der Waals surface area (Å²) in [5, 5.41) is 8.93. The minimum Gasteiger partial charge on any atom is -0.478 e. The van der Waals surface area contributed by atoms with Gasteiger partial charge in [0, 0.05) is 24.1 Å². The van der Waals surface area contributed by atoms with Gasteiger partial charge in [0.25, 0.3) is 5.91 Å². The van der Waals surface area contributed by atoms with E-state index in [2.05, 4.69) is 19.1 Å². The van der Waals surface area contributed by atoms with Crippen molar-refractivity contribution < 1.29 is 14.7 Å². The average Bonchev–Trinajstić information content (AvgIpc) is 2.97. The number of carbonyl (C=O) groups excluding carboxylic acids is 1. The lowest BCUT2D eigenvalue weighted by molar-refractivity contribution is 0.0693. The first kappa shape index (κ1) is 15.3. The van der Waals surface area contributed by atoms with Crippen LogP contribution in [0.5, 0.6) is 0 Å². The van der Waals surface area contributed by atoms with E-state index in [1.807, 2.05) is 23.1 Å². The molecule has 1 amide bonds. The molecule has 3 rings (SSSR count). The SMILES string of the molecule is CC1CC(c2ccccc2)CN1C(=O)c1ccc(C(=O)O)cc1. The summed E-state index contributed by atoms with van der Waals surface area (Å²) in [7, 11) is 0. The molecule has 1 fully saturated rings. The predicted octanol–water partition coefficient (Wildman–Crippen LogP) is 3.40. The third-order valence-corrected chi connectivity index (χ3v) is 4.49. The zero-order valence-electron chi connectivity index (χ0n) is 13.0. The molecule has 2 aromatic carbocycles. The van der Waals surface area contributed by atoms with Crippen LogP contribution in [0.2, 0.25) is 0 Å². The molecule has 118 valence electrons. The summed E-state index contributed by atoms with van der Waals surface area (Å²) < 4.78 is 0. The zero-order chi connectivity index (χ0) is 16.4. The number of hydrogen-bond acceptors (Lipinski definition) is 2. The number of carbonyl (C=O) groups is 2. The number of hydrogen-bond donors (Lipinski definition) is 1. The number of nitrogens with zero attached hydrogens (tertiary/aromatic N) is 1. The van der Waals surface area contributed by atoms with E-state index in [1.54, 1.807) is 12.1 Å². The van der Waals surface area contributed by atoms with Crippen LogP contribution in [-0.2, 0) is 0 Å². The summed E-state index contributed by atoms with van der Waals surface area (Å²) in [6.45, 7) is 2.76. The fourth-order valence-electron chi connectivity index (χ4n) is 3.20. The van der Waals surface area contributed by atoms with E-state index in [4.69, 9.17) is 5.11 Å². The quantitative estimate of drug-likeness (QED) is 0.945. The molecule has 1 aliphatic rings. The van der Waals surface area contributed by atoms with Gasteiger partial charge in [0.15, 0.2) is 0 Å². The van der Waals surface area contributed by atoms with Crippen molar-refractivity contribution in [1.29, 1.82) is 0 Å². The minimum atomic E-state index is -0.984. The summed E-state index contributed by atoms with van der Waals surface area (Å²) in [4.78, 5) is 25.5. The molecule has 0 bridgehead atoms. The van der Waals surface area contributed by atoms with Crippen molar-refractivity contribution in [3.8, 4) is 0 Å². The number of amides is 1. The van der Waals surface area contributed by atoms with Crippen molar-refractivity contribution in [1.82, 2.24) is 4.90 Å². The summed E-state index contributed by atoms with van der Waals surface area (Å²) >= 11 is 0. The van der Waals surface area contributed by atoms with Crippen molar-refractivity contribution in [2.24, 2.45) is 0 Å². The Hall–Kier alpha value is -2.62. The lowest BCUT2D eigenvalue weighted by Crippen LogP contribution is -2.33. The number of likely N-dealkylation sites (tertiary alicyclic amines) is 1. The van der Waals surface area contributed by atoms with Gasteiger partial charge in [0.05, 0.1) is 5.56 Å². The molecule has 0 spiro atoms. The van der Waals surface area contributed by atoms with E-state index in [0.29, 0.717) is 18.0 Å². The molecule has 1 N–H and O–H groups in total. The van der Waals surface area contributed by atoms with E-state index < -0.39 is 5.97 Å². The first-order chi connectivity index (χ1) is 11.1. The Morgan fingerprint density at radius 3 is 2.22 bits per heavy atom. The van der Waals surface area contributed by atoms with Crippen LogP contribution in [0.25, 0.3) is 0 Å². The van der Waals surface area contributed by atoms with E-state index in [-0.39, 0.29) is 17.5 Å². The second kappa shape index (κ2) is 6.24. The van der Waals surface area contributed by atoms with Crippen LogP contribution in [0.15, 0.2) is 54.6 Å². The fraction of sp³-hybridized carbons (Fsp3) is 0.263. The second-order valence-electron chi connectivity index (χ2n) is 6.03. The van der Waals surface area contributed by atoms with Crippen LogP contribution in [-0.4, -0.2) is 34.5 Å². The summed E-state index contributed by atoms with van der Waals surface area (Å²) in [5.41, 5.74) is 1.99. The lowest BCUT2D eigenvalue weighted by atomic mass is 9.97. The normalized spacial score (nSPS) is 20.5. The van der Waals surface area contributed by atoms with Crippen LogP contribution < -0.4 is 0 Å². The topological polar surface area (TPSA) is 57.6 Å². The monoisotopic (exact) mass is 309 g/mol. The molecule has 4 heteroatoms. The summed E-state index contributed by atoms with van der Waals surface area (Å²) in [5.74, 6) is -0.663. The van der Waals surface area contributed by atoms with Gasteiger partial charge in [0.2, 0.25) is 0 Å². The fourth-order valence-corrected chi connectivity index (χ4v) is 3.20. The van der Waals surface area contributed by atoms with Crippen molar-refractivity contribution in [2.75, 3.05) is 6.54 Å². The van der Waals surface area contributed by atoms with Gasteiger partial charge in [-0.05, 0) is 43.2 Å². The minimum absolute atomic E-state index is 0.0344. The van der Waals surface area contributed by atoms with Gasteiger partial charge < -0.3 is 10.0 Å². The lowest BCUT2D eigenvalue weighted by Gasteiger charge is -2.21. The molecule has 0 radical (unpaired) electrons. The highest BCUT2D eigenvalue weighted by Crippen LogP contribution is 2.32. The predicted molar refractivity (Wildman–Crippen MR) is 87.7 cm³/mol. The van der Waals surface area contributed by atoms with Crippen LogP contribution >= 0.6 is 0 Å². The number of benzene rings is 2. The van der Waals surface area contributed by atoms with E-state index >= 15 is 0 Å². The largest absolute Gasteiger partial charge is 0.478 e. The van der Waals surface area contributed by atoms with Crippen LogP contribution in [0.3, 0.4) is 0 Å². The summed E-state index contributed by atoms with van der Waals surface area (Å²) in [6, 6.07) is 16.6. The molecular formula is C19H19NO3. The van der Waals surface area contributed by atoms with Gasteiger partial charge in [0.1, 0.15) is 0 Å². The maximum Gasteiger partial charge on any atom is 0.335 e. The Morgan fingerprint density at radius 1 is 1.00 bits per heavy atom. The number of rotatable bonds is 3. The number of aromatic carboxylic acids is 1. The molecule has 2 atom stereocenters. The van der Waals surface area contributed by atoms with Crippen LogP contribution in [0.1, 0.15) is 45.5 Å². The maximum atomic E-state index is 12.7. The standard InChI is InChI=1S/C19H19NO3/c1-13-11-17(14-5-3-2-4-6-14)12-20(13)18(21)15-7-9-16(10-8-15)19(22)23/h2-10,13,17H,11-12H2,1H3,(H,22,23). The molecule has 0 aromatic heterocycles. The van der Waals surface area contributed by atoms with Crippen molar-refractivity contribution in [3.63, 3.8) is 0 Å². The van der Waals surface area contributed by atoms with Crippen molar-refractivity contribution in [2.45, 2.75) is 25.3 Å². The smallest absolute Gasteiger partial charge is 0.335 e. The zero-order valence-corrected chi connectivity index (χ0v) is 13.0. The highest BCUT2D eigenvalue weighted by Gasteiger charge is 2.33. The number of carboxylic acid groups (broad SMARTS) is 1. The van der Waals surface area contributed by atoms with E-state index in [1.165, 1.54) is 17.7 Å². The highest BCUT2D eigenvalue weighted by atomic mass is 16.4. The molecule has 2 aromatic rings. The van der Waals surface area contributed by atoms with Crippen LogP contribution in [0.4, 0.5) is 0 Å². The average molecular weight is 309 g/mol. The van der Waals surface area contributed by atoms with Gasteiger partial charge in [-0.15, -0.1) is 0 Å². The molecule has 0 aliphatic carbocycles. The van der Waals surface area contributed by atoms with Gasteiger partial charge in [-0.1, -0.05) is 30.3 Å². The Kier molecular flexibility index (Phi) is 4.15. The van der Waals surface area contributed by atoms with Crippen molar-refractivity contribution in [3.05, 3.63) is 71.3 Å². The van der Waals surface area contributed by atoms with Gasteiger partial charge >= 0.3 is 5.97 Å². The second-order valence-corrected chi connectivity index (χ2v) is 6.03. The van der Waals surface area contributed by atoms with Crippen molar-refractivity contribution >= 4 is 11.9 Å².